The van der Waals surface area contributed by atoms with E-state index in [0.29, 0.717) is 56.6 Å². The Morgan fingerprint density at radius 3 is 2.82 bits per heavy atom. The summed E-state index contributed by atoms with van der Waals surface area (Å²) in [4.78, 5) is 23.5. The number of nitrogens with one attached hydrogen (secondary N) is 1. The van der Waals surface area contributed by atoms with Crippen LogP contribution in [0.4, 0.5) is 0 Å². The molecule has 1 saturated heterocycles. The molecule has 34 heavy (non-hydrogen) atoms. The van der Waals surface area contributed by atoms with E-state index < -0.39 is 6.10 Å². The molecule has 0 amide bonds. The average molecular weight is 468 g/mol. The summed E-state index contributed by atoms with van der Waals surface area (Å²) < 4.78 is 18.1. The van der Waals surface area contributed by atoms with Gasteiger partial charge in [-0.1, -0.05) is 0 Å². The molecule has 2 aliphatic rings. The quantitative estimate of drug-likeness (QED) is 0.521. The van der Waals surface area contributed by atoms with E-state index in [1.165, 1.54) is 0 Å². The van der Waals surface area contributed by atoms with Crippen molar-refractivity contribution in [3.8, 4) is 17.2 Å². The maximum atomic E-state index is 12.5. The lowest BCUT2D eigenvalue weighted by Crippen LogP contribution is -2.53. The van der Waals surface area contributed by atoms with Crippen molar-refractivity contribution in [1.82, 2.24) is 24.8 Å². The van der Waals surface area contributed by atoms with Gasteiger partial charge in [-0.05, 0) is 19.0 Å². The summed E-state index contributed by atoms with van der Waals surface area (Å²) in [5, 5.41) is 14.2. The van der Waals surface area contributed by atoms with Crippen LogP contribution in [-0.2, 0) is 13.1 Å². The third kappa shape index (κ3) is 4.84. The van der Waals surface area contributed by atoms with Gasteiger partial charge in [0.1, 0.15) is 19.0 Å². The van der Waals surface area contributed by atoms with Crippen LogP contribution in [0.15, 0.2) is 41.5 Å². The van der Waals surface area contributed by atoms with Crippen molar-refractivity contribution in [2.45, 2.75) is 31.7 Å². The zero-order valence-corrected chi connectivity index (χ0v) is 19.1. The Labute approximate surface area is 197 Å². The summed E-state index contributed by atoms with van der Waals surface area (Å²) in [6.45, 7) is 4.14. The first-order valence-electron chi connectivity index (χ1n) is 11.5. The number of rotatable bonds is 7. The van der Waals surface area contributed by atoms with Gasteiger partial charge in [0.15, 0.2) is 11.5 Å². The Hall–Kier alpha value is -3.21. The predicted molar refractivity (Wildman–Crippen MR) is 125 cm³/mol. The Kier molecular flexibility index (Phi) is 6.61. The second kappa shape index (κ2) is 9.96. The van der Waals surface area contributed by atoms with E-state index in [9.17, 15) is 9.90 Å². The molecule has 180 valence electrons. The first-order chi connectivity index (χ1) is 16.6. The molecule has 2 aliphatic heterocycles. The molecule has 2 N–H and O–H groups in total. The van der Waals surface area contributed by atoms with Crippen LogP contribution < -0.4 is 25.1 Å². The normalized spacial score (nSPS) is 20.4. The summed E-state index contributed by atoms with van der Waals surface area (Å²) in [7, 11) is 1.58. The molecule has 1 fully saturated rings. The molecule has 0 aliphatic carbocycles. The number of piperidine rings is 1. The Balaban J connectivity index is 1.17. The number of hydrogen-bond donors (Lipinski definition) is 2. The van der Waals surface area contributed by atoms with Gasteiger partial charge >= 0.3 is 0 Å². The Morgan fingerprint density at radius 2 is 2.00 bits per heavy atom. The maximum Gasteiger partial charge on any atom is 0.251 e. The van der Waals surface area contributed by atoms with E-state index in [2.05, 4.69) is 20.2 Å². The number of aliphatic hydroxyl groups is 1. The minimum atomic E-state index is -0.517. The van der Waals surface area contributed by atoms with Gasteiger partial charge in [0, 0.05) is 50.4 Å². The van der Waals surface area contributed by atoms with E-state index in [4.69, 9.17) is 14.2 Å². The predicted octanol–water partition coefficient (Wildman–Crippen LogP) is 0.796. The lowest BCUT2D eigenvalue weighted by atomic mass is 10.0. The smallest absolute Gasteiger partial charge is 0.251 e. The molecule has 5 rings (SSSR count). The molecule has 0 spiro atoms. The zero-order valence-electron chi connectivity index (χ0n) is 19.1. The second-order valence-electron chi connectivity index (χ2n) is 8.57. The number of fused-ring (bicyclic) bond motifs is 2. The molecule has 0 aromatic carbocycles. The highest BCUT2D eigenvalue weighted by Gasteiger charge is 2.27. The summed E-state index contributed by atoms with van der Waals surface area (Å²) in [5.41, 5.74) is 2.26. The van der Waals surface area contributed by atoms with Gasteiger partial charge in [-0.15, -0.1) is 0 Å². The molecule has 1 unspecified atom stereocenters. The molecular formula is C24H29N5O5. The molecule has 5 heterocycles. The highest BCUT2D eigenvalue weighted by atomic mass is 16.6. The number of β-amino-alcohol motifs (C(OH)–C–C–N with tert-alkyl or cyclic N) is 1. The molecule has 10 heteroatoms. The molecule has 3 aromatic heterocycles. The van der Waals surface area contributed by atoms with Crippen molar-refractivity contribution in [2.75, 3.05) is 40.0 Å². The van der Waals surface area contributed by atoms with Crippen LogP contribution in [0.25, 0.3) is 11.0 Å². The number of pyridine rings is 3. The highest BCUT2D eigenvalue weighted by Crippen LogP contribution is 2.29. The van der Waals surface area contributed by atoms with Crippen LogP contribution in [0.2, 0.25) is 0 Å². The number of likely N-dealkylation sites (tertiary alicyclic amines) is 1. The topological polar surface area (TPSA) is 111 Å². The van der Waals surface area contributed by atoms with Gasteiger partial charge in [-0.25, -0.2) is 0 Å². The van der Waals surface area contributed by atoms with Gasteiger partial charge in [0.05, 0.1) is 42.3 Å². The minimum absolute atomic E-state index is 0.0278. The largest absolute Gasteiger partial charge is 0.495 e. The molecule has 0 radical (unpaired) electrons. The zero-order chi connectivity index (χ0) is 23.5. The molecule has 2 atom stereocenters. The van der Waals surface area contributed by atoms with Gasteiger partial charge in [0.2, 0.25) is 0 Å². The number of aliphatic hydroxyl groups excluding tert-OH is 1. The second-order valence-corrected chi connectivity index (χ2v) is 8.57. The van der Waals surface area contributed by atoms with Crippen LogP contribution in [0.1, 0.15) is 12.1 Å². The number of nitrogens with zero attached hydrogens (tertiary/aromatic N) is 4. The number of methoxy groups -OCH3 is 1. The van der Waals surface area contributed by atoms with E-state index in [0.717, 1.165) is 29.7 Å². The van der Waals surface area contributed by atoms with Gasteiger partial charge < -0.3 is 29.2 Å². The lowest BCUT2D eigenvalue weighted by Gasteiger charge is -2.36. The molecule has 3 aromatic rings. The van der Waals surface area contributed by atoms with Crippen LogP contribution in [0.5, 0.6) is 17.2 Å². The number of hydrogen-bond acceptors (Lipinski definition) is 9. The number of aromatic nitrogens is 3. The van der Waals surface area contributed by atoms with Gasteiger partial charge in [0.25, 0.3) is 5.56 Å². The summed E-state index contributed by atoms with van der Waals surface area (Å²) >= 11 is 0. The average Bonchev–Trinajstić information content (AvgIpc) is 2.87. The monoisotopic (exact) mass is 467 g/mol. The fourth-order valence-corrected chi connectivity index (χ4v) is 4.49. The first kappa shape index (κ1) is 22.6. The third-order valence-corrected chi connectivity index (χ3v) is 6.39. The van der Waals surface area contributed by atoms with Crippen molar-refractivity contribution in [2.24, 2.45) is 0 Å². The molecule has 10 nitrogen and oxygen atoms in total. The summed E-state index contributed by atoms with van der Waals surface area (Å²) in [6, 6.07) is 6.96. The van der Waals surface area contributed by atoms with E-state index in [-0.39, 0.29) is 11.6 Å². The summed E-state index contributed by atoms with van der Waals surface area (Å²) in [6.07, 6.45) is 3.61. The molecule has 0 bridgehead atoms. The third-order valence-electron chi connectivity index (χ3n) is 6.39. The fraction of sp³-hybridized carbons (Fsp3) is 0.458. The highest BCUT2D eigenvalue weighted by molar-refractivity contribution is 5.75. The Bertz CT molecular complexity index is 1220. The lowest BCUT2D eigenvalue weighted by molar-refractivity contribution is 0.0384. The molecule has 0 saturated carbocycles. The van der Waals surface area contributed by atoms with Crippen LogP contribution in [0.3, 0.4) is 0 Å². The molecular weight excluding hydrogens is 438 g/mol. The number of ether oxygens (including phenoxy) is 3. The van der Waals surface area contributed by atoms with E-state index in [1.807, 2.05) is 12.1 Å². The minimum Gasteiger partial charge on any atom is -0.495 e. The van der Waals surface area contributed by atoms with Crippen molar-refractivity contribution >= 4 is 11.0 Å². The Morgan fingerprint density at radius 1 is 1.15 bits per heavy atom. The van der Waals surface area contributed by atoms with Crippen LogP contribution in [-0.4, -0.2) is 76.6 Å². The summed E-state index contributed by atoms with van der Waals surface area (Å²) in [5.74, 6) is 1.99. The SMILES string of the molecule is COc1cnc2ccc(=O)n(CCN3CC[C@@H](NCc4cc5c(cn4)OCCO5)C(O)C3)c2c1. The van der Waals surface area contributed by atoms with Crippen LogP contribution >= 0.6 is 0 Å². The van der Waals surface area contributed by atoms with Gasteiger partial charge in [-0.2, -0.15) is 0 Å². The van der Waals surface area contributed by atoms with Crippen molar-refractivity contribution < 1.29 is 19.3 Å². The van der Waals surface area contributed by atoms with Crippen molar-refractivity contribution in [1.29, 1.82) is 0 Å². The van der Waals surface area contributed by atoms with E-state index in [1.54, 1.807) is 36.2 Å². The van der Waals surface area contributed by atoms with Gasteiger partial charge in [-0.3, -0.25) is 19.7 Å². The first-order valence-corrected chi connectivity index (χ1v) is 11.5. The fourth-order valence-electron chi connectivity index (χ4n) is 4.49. The van der Waals surface area contributed by atoms with Crippen molar-refractivity contribution in [3.63, 3.8) is 0 Å². The maximum absolute atomic E-state index is 12.5. The van der Waals surface area contributed by atoms with Crippen molar-refractivity contribution in [3.05, 3.63) is 52.7 Å². The standard InChI is InChI=1S/C24H29N5O5/c1-32-17-11-20-18(27-13-17)2-3-24(31)29(20)7-6-28-5-4-19(21(30)15-28)26-12-16-10-22-23(14-25-16)34-9-8-33-22/h2-3,10-11,13-14,19,21,26,30H,4-9,12,15H2,1H3/t19-,21?/m1/s1. The van der Waals surface area contributed by atoms with Crippen LogP contribution in [0, 0.1) is 0 Å². The van der Waals surface area contributed by atoms with E-state index >= 15 is 0 Å².